The van der Waals surface area contributed by atoms with Crippen LogP contribution in [-0.4, -0.2) is 18.0 Å². The summed E-state index contributed by atoms with van der Waals surface area (Å²) in [5.74, 6) is -0.240. The molecule has 0 fully saturated rings. The topological polar surface area (TPSA) is 70.2 Å². The highest BCUT2D eigenvalue weighted by atomic mass is 16.2. The maximum Gasteiger partial charge on any atom is 0.319 e. The average Bonchev–Trinajstić information content (AvgIpc) is 3.03. The Balaban J connectivity index is 1.54. The van der Waals surface area contributed by atoms with Gasteiger partial charge < -0.3 is 16.0 Å². The molecule has 1 aliphatic rings. The molecule has 24 heavy (non-hydrogen) atoms. The zero-order valence-electron chi connectivity index (χ0n) is 13.6. The first kappa shape index (κ1) is 16.1. The fourth-order valence-electron chi connectivity index (χ4n) is 2.85. The van der Waals surface area contributed by atoms with Gasteiger partial charge in [-0.2, -0.15) is 0 Å². The number of carbonyl (C=O) groups is 2. The van der Waals surface area contributed by atoms with Crippen molar-refractivity contribution < 1.29 is 9.59 Å². The van der Waals surface area contributed by atoms with Crippen LogP contribution < -0.4 is 16.0 Å². The molecule has 3 N–H and O–H groups in total. The summed E-state index contributed by atoms with van der Waals surface area (Å²) < 4.78 is 0. The molecule has 124 valence electrons. The van der Waals surface area contributed by atoms with Crippen LogP contribution in [0.1, 0.15) is 24.5 Å². The number of fused-ring (bicyclic) bond motifs is 1. The van der Waals surface area contributed by atoms with Crippen molar-refractivity contribution in [2.45, 2.75) is 32.2 Å². The Hall–Kier alpha value is -2.82. The molecule has 5 nitrogen and oxygen atoms in total. The molecule has 2 aromatic carbocycles. The predicted octanol–water partition coefficient (Wildman–Crippen LogP) is 3.32. The average molecular weight is 323 g/mol. The Morgan fingerprint density at radius 3 is 2.46 bits per heavy atom. The molecule has 0 heterocycles. The fourth-order valence-corrected chi connectivity index (χ4v) is 2.85. The van der Waals surface area contributed by atoms with Crippen molar-refractivity contribution in [3.63, 3.8) is 0 Å². The van der Waals surface area contributed by atoms with E-state index in [1.807, 2.05) is 30.3 Å². The van der Waals surface area contributed by atoms with E-state index < -0.39 is 12.1 Å². The molecule has 0 saturated carbocycles. The lowest BCUT2D eigenvalue weighted by molar-refractivity contribution is -0.117. The molecule has 0 radical (unpaired) electrons. The van der Waals surface area contributed by atoms with Crippen LogP contribution in [0.2, 0.25) is 0 Å². The van der Waals surface area contributed by atoms with E-state index in [0.717, 1.165) is 18.5 Å². The van der Waals surface area contributed by atoms with Gasteiger partial charge in [0.05, 0.1) is 0 Å². The lowest BCUT2D eigenvalue weighted by Gasteiger charge is -2.15. The van der Waals surface area contributed by atoms with Crippen LogP contribution in [0.25, 0.3) is 0 Å². The van der Waals surface area contributed by atoms with Gasteiger partial charge in [-0.05, 0) is 61.6 Å². The number of carbonyl (C=O) groups excluding carboxylic acids is 2. The minimum absolute atomic E-state index is 0.240. The fraction of sp³-hybridized carbons (Fsp3) is 0.263. The molecule has 0 aliphatic heterocycles. The van der Waals surface area contributed by atoms with Gasteiger partial charge in [-0.15, -0.1) is 0 Å². The third kappa shape index (κ3) is 3.93. The van der Waals surface area contributed by atoms with Crippen LogP contribution in [0.3, 0.4) is 0 Å². The molecule has 0 aromatic heterocycles. The van der Waals surface area contributed by atoms with Gasteiger partial charge in [0.15, 0.2) is 0 Å². The van der Waals surface area contributed by atoms with Crippen molar-refractivity contribution in [1.82, 2.24) is 5.32 Å². The maximum absolute atomic E-state index is 12.2. The second kappa shape index (κ2) is 7.17. The van der Waals surface area contributed by atoms with Crippen molar-refractivity contribution in [3.8, 4) is 0 Å². The Bertz CT molecular complexity index is 744. The van der Waals surface area contributed by atoms with Crippen LogP contribution in [0.5, 0.6) is 0 Å². The summed E-state index contributed by atoms with van der Waals surface area (Å²) in [6.45, 7) is 1.66. The molecular weight excluding hydrogens is 302 g/mol. The van der Waals surface area contributed by atoms with E-state index >= 15 is 0 Å². The van der Waals surface area contributed by atoms with E-state index in [0.29, 0.717) is 5.69 Å². The van der Waals surface area contributed by atoms with E-state index in [9.17, 15) is 9.59 Å². The number of nitrogens with one attached hydrogen (secondary N) is 3. The van der Waals surface area contributed by atoms with Crippen molar-refractivity contribution in [2.24, 2.45) is 0 Å². The molecule has 3 amide bonds. The number of rotatable bonds is 4. The summed E-state index contributed by atoms with van der Waals surface area (Å²) in [5, 5.41) is 8.19. The zero-order chi connectivity index (χ0) is 16.9. The monoisotopic (exact) mass is 323 g/mol. The molecule has 0 spiro atoms. The van der Waals surface area contributed by atoms with Crippen LogP contribution >= 0.6 is 0 Å². The predicted molar refractivity (Wildman–Crippen MR) is 95.2 cm³/mol. The second-order valence-electron chi connectivity index (χ2n) is 6.01. The Labute approximate surface area is 141 Å². The Morgan fingerprint density at radius 2 is 1.67 bits per heavy atom. The number of para-hydroxylation sites is 1. The molecule has 5 heteroatoms. The standard InChI is InChI=1S/C19H21N3O2/c1-13(20-19(24)22-16-8-3-2-4-9-16)18(23)21-17-11-10-14-6-5-7-15(14)12-17/h2-4,8-13H,5-7H2,1H3,(H,21,23)(H2,20,22,24). The zero-order valence-corrected chi connectivity index (χ0v) is 13.6. The molecule has 0 bridgehead atoms. The first-order chi connectivity index (χ1) is 11.6. The van der Waals surface area contributed by atoms with Crippen molar-refractivity contribution in [1.29, 1.82) is 0 Å². The van der Waals surface area contributed by atoms with Gasteiger partial charge >= 0.3 is 6.03 Å². The van der Waals surface area contributed by atoms with Gasteiger partial charge in [0, 0.05) is 11.4 Å². The number of hydrogen-bond acceptors (Lipinski definition) is 2. The summed E-state index contributed by atoms with van der Waals surface area (Å²) in [5.41, 5.74) is 4.12. The van der Waals surface area contributed by atoms with E-state index in [1.165, 1.54) is 17.5 Å². The van der Waals surface area contributed by atoms with Crippen molar-refractivity contribution >= 4 is 23.3 Å². The molecule has 1 aliphatic carbocycles. The van der Waals surface area contributed by atoms with Crippen molar-refractivity contribution in [2.75, 3.05) is 10.6 Å². The highest BCUT2D eigenvalue weighted by molar-refractivity contribution is 5.99. The minimum atomic E-state index is -0.637. The normalized spacial score (nSPS) is 13.7. The minimum Gasteiger partial charge on any atom is -0.326 e. The van der Waals surface area contributed by atoms with Crippen LogP contribution in [-0.2, 0) is 17.6 Å². The number of anilines is 2. The summed E-state index contributed by atoms with van der Waals surface area (Å²) >= 11 is 0. The summed E-state index contributed by atoms with van der Waals surface area (Å²) in [6.07, 6.45) is 3.35. The molecule has 1 atom stereocenters. The van der Waals surface area contributed by atoms with E-state index in [-0.39, 0.29) is 5.91 Å². The van der Waals surface area contributed by atoms with Crippen molar-refractivity contribution in [3.05, 3.63) is 59.7 Å². The molecule has 2 aromatic rings. The van der Waals surface area contributed by atoms with E-state index in [1.54, 1.807) is 19.1 Å². The smallest absolute Gasteiger partial charge is 0.319 e. The highest BCUT2D eigenvalue weighted by Gasteiger charge is 2.17. The summed E-state index contributed by atoms with van der Waals surface area (Å²) in [4.78, 5) is 24.2. The quantitative estimate of drug-likeness (QED) is 0.808. The van der Waals surface area contributed by atoms with Gasteiger partial charge in [0.1, 0.15) is 6.04 Å². The van der Waals surface area contributed by atoms with Crippen LogP contribution in [0, 0.1) is 0 Å². The number of urea groups is 1. The molecule has 3 rings (SSSR count). The molecular formula is C19H21N3O2. The number of aryl methyl sites for hydroxylation is 2. The largest absolute Gasteiger partial charge is 0.326 e. The first-order valence-corrected chi connectivity index (χ1v) is 8.17. The third-order valence-electron chi connectivity index (χ3n) is 4.14. The first-order valence-electron chi connectivity index (χ1n) is 8.17. The van der Waals surface area contributed by atoms with Gasteiger partial charge in [0.25, 0.3) is 0 Å². The number of amides is 3. The third-order valence-corrected chi connectivity index (χ3v) is 4.14. The lowest BCUT2D eigenvalue weighted by atomic mass is 10.1. The highest BCUT2D eigenvalue weighted by Crippen LogP contribution is 2.24. The number of hydrogen-bond donors (Lipinski definition) is 3. The summed E-state index contributed by atoms with van der Waals surface area (Å²) in [6, 6.07) is 14.1. The summed E-state index contributed by atoms with van der Waals surface area (Å²) in [7, 11) is 0. The van der Waals surface area contributed by atoms with E-state index in [4.69, 9.17) is 0 Å². The lowest BCUT2D eigenvalue weighted by Crippen LogP contribution is -2.43. The Kier molecular flexibility index (Phi) is 4.79. The van der Waals surface area contributed by atoms with Gasteiger partial charge in [-0.25, -0.2) is 4.79 Å². The molecule has 0 saturated heterocycles. The second-order valence-corrected chi connectivity index (χ2v) is 6.01. The van der Waals surface area contributed by atoms with Gasteiger partial charge in [0.2, 0.25) is 5.91 Å². The Morgan fingerprint density at radius 1 is 0.917 bits per heavy atom. The van der Waals surface area contributed by atoms with Gasteiger partial charge in [-0.3, -0.25) is 4.79 Å². The van der Waals surface area contributed by atoms with Gasteiger partial charge in [-0.1, -0.05) is 24.3 Å². The van der Waals surface area contributed by atoms with Crippen LogP contribution in [0.4, 0.5) is 16.2 Å². The molecule has 1 unspecified atom stereocenters. The van der Waals surface area contributed by atoms with E-state index in [2.05, 4.69) is 22.0 Å². The number of benzene rings is 2. The SMILES string of the molecule is CC(NC(=O)Nc1ccccc1)C(=O)Nc1ccc2c(c1)CCC2. The maximum atomic E-state index is 12.2. The van der Waals surface area contributed by atoms with Crippen LogP contribution in [0.15, 0.2) is 48.5 Å².